The van der Waals surface area contributed by atoms with Crippen LogP contribution in [0.15, 0.2) is 0 Å². The van der Waals surface area contributed by atoms with Crippen LogP contribution in [0.3, 0.4) is 0 Å². The number of hydrogen-bond acceptors (Lipinski definition) is 4. The molecule has 1 amide bonds. The highest BCUT2D eigenvalue weighted by molar-refractivity contribution is 5.78. The van der Waals surface area contributed by atoms with Crippen molar-refractivity contribution in [1.82, 2.24) is 15.1 Å². The molecule has 20 heavy (non-hydrogen) atoms. The second-order valence-electron chi connectivity index (χ2n) is 5.68. The average molecular weight is 285 g/mol. The monoisotopic (exact) mass is 285 g/mol. The molecule has 1 N–H and O–H groups in total. The topological polar surface area (TPSA) is 44.8 Å². The van der Waals surface area contributed by atoms with E-state index in [2.05, 4.69) is 24.1 Å². The summed E-state index contributed by atoms with van der Waals surface area (Å²) in [6.45, 7) is 12.6. The molecule has 0 aliphatic carbocycles. The standard InChI is InChI=1S/C15H31N3O2/c1-5-13(3)15(19)17(4)11-14-12-18(9-10-20-14)8-7-16-6-2/h13-14,16H,5-12H2,1-4H3/t13?,14-/m0/s1. The first-order chi connectivity index (χ1) is 9.58. The lowest BCUT2D eigenvalue weighted by molar-refractivity contribution is -0.136. The molecule has 0 aromatic heterocycles. The van der Waals surface area contributed by atoms with E-state index >= 15 is 0 Å². The normalized spacial score (nSPS) is 21.7. The predicted molar refractivity (Wildman–Crippen MR) is 81.8 cm³/mol. The first-order valence-electron chi connectivity index (χ1n) is 7.88. The fourth-order valence-corrected chi connectivity index (χ4v) is 2.45. The summed E-state index contributed by atoms with van der Waals surface area (Å²) in [6, 6.07) is 0. The van der Waals surface area contributed by atoms with Gasteiger partial charge in [-0.3, -0.25) is 9.69 Å². The van der Waals surface area contributed by atoms with E-state index in [9.17, 15) is 4.79 Å². The zero-order valence-corrected chi connectivity index (χ0v) is 13.5. The van der Waals surface area contributed by atoms with Crippen LogP contribution in [0.5, 0.6) is 0 Å². The molecule has 2 atom stereocenters. The third-order valence-electron chi connectivity index (χ3n) is 3.97. The maximum Gasteiger partial charge on any atom is 0.225 e. The van der Waals surface area contributed by atoms with Crippen molar-refractivity contribution < 1.29 is 9.53 Å². The van der Waals surface area contributed by atoms with Gasteiger partial charge in [-0.1, -0.05) is 20.8 Å². The fourth-order valence-electron chi connectivity index (χ4n) is 2.45. The molecular weight excluding hydrogens is 254 g/mol. The lowest BCUT2D eigenvalue weighted by Crippen LogP contribution is -2.49. The second-order valence-corrected chi connectivity index (χ2v) is 5.68. The highest BCUT2D eigenvalue weighted by Crippen LogP contribution is 2.10. The number of rotatable bonds is 8. The van der Waals surface area contributed by atoms with E-state index in [-0.39, 0.29) is 17.9 Å². The van der Waals surface area contributed by atoms with Gasteiger partial charge in [0.1, 0.15) is 0 Å². The number of ether oxygens (including phenoxy) is 1. The third-order valence-corrected chi connectivity index (χ3v) is 3.97. The summed E-state index contributed by atoms with van der Waals surface area (Å²) in [7, 11) is 1.88. The van der Waals surface area contributed by atoms with Gasteiger partial charge < -0.3 is 15.0 Å². The van der Waals surface area contributed by atoms with Crippen molar-refractivity contribution in [2.75, 3.05) is 52.9 Å². The van der Waals surface area contributed by atoms with Crippen molar-refractivity contribution >= 4 is 5.91 Å². The molecule has 0 aromatic carbocycles. The Morgan fingerprint density at radius 2 is 2.25 bits per heavy atom. The zero-order chi connectivity index (χ0) is 15.0. The van der Waals surface area contributed by atoms with Gasteiger partial charge in [-0.2, -0.15) is 0 Å². The highest BCUT2D eigenvalue weighted by Gasteiger charge is 2.24. The summed E-state index contributed by atoms with van der Waals surface area (Å²) >= 11 is 0. The van der Waals surface area contributed by atoms with Crippen molar-refractivity contribution in [2.45, 2.75) is 33.3 Å². The zero-order valence-electron chi connectivity index (χ0n) is 13.5. The van der Waals surface area contributed by atoms with E-state index in [4.69, 9.17) is 4.74 Å². The Labute approximate surface area is 123 Å². The van der Waals surface area contributed by atoms with Gasteiger partial charge in [-0.15, -0.1) is 0 Å². The lowest BCUT2D eigenvalue weighted by Gasteiger charge is -2.35. The summed E-state index contributed by atoms with van der Waals surface area (Å²) in [5.41, 5.74) is 0. The Bertz CT molecular complexity index is 286. The van der Waals surface area contributed by atoms with Crippen LogP contribution in [0.1, 0.15) is 27.2 Å². The van der Waals surface area contributed by atoms with Crippen LogP contribution in [-0.4, -0.2) is 74.7 Å². The predicted octanol–water partition coefficient (Wildman–Crippen LogP) is 0.801. The van der Waals surface area contributed by atoms with E-state index in [0.29, 0.717) is 6.54 Å². The Morgan fingerprint density at radius 1 is 1.50 bits per heavy atom. The van der Waals surface area contributed by atoms with E-state index in [1.165, 1.54) is 0 Å². The Kier molecular flexibility index (Phi) is 8.11. The number of nitrogens with one attached hydrogen (secondary N) is 1. The van der Waals surface area contributed by atoms with Crippen LogP contribution in [0.4, 0.5) is 0 Å². The molecule has 1 unspecified atom stereocenters. The largest absolute Gasteiger partial charge is 0.374 e. The minimum Gasteiger partial charge on any atom is -0.374 e. The molecule has 1 aliphatic heterocycles. The summed E-state index contributed by atoms with van der Waals surface area (Å²) in [5.74, 6) is 0.328. The van der Waals surface area contributed by atoms with E-state index < -0.39 is 0 Å². The molecule has 1 aliphatic rings. The van der Waals surface area contributed by atoms with Crippen LogP contribution in [-0.2, 0) is 9.53 Å². The van der Waals surface area contributed by atoms with Crippen LogP contribution >= 0.6 is 0 Å². The minimum absolute atomic E-state index is 0.105. The van der Waals surface area contributed by atoms with E-state index in [1.807, 2.05) is 18.9 Å². The molecule has 1 rings (SSSR count). The van der Waals surface area contributed by atoms with E-state index in [0.717, 1.165) is 45.8 Å². The Morgan fingerprint density at radius 3 is 2.90 bits per heavy atom. The Hall–Kier alpha value is -0.650. The third kappa shape index (κ3) is 5.77. The van der Waals surface area contributed by atoms with Crippen molar-refractivity contribution in [2.24, 2.45) is 5.92 Å². The lowest BCUT2D eigenvalue weighted by atomic mass is 10.1. The second kappa shape index (κ2) is 9.32. The van der Waals surface area contributed by atoms with Crippen LogP contribution in [0.25, 0.3) is 0 Å². The molecule has 0 bridgehead atoms. The molecule has 5 nitrogen and oxygen atoms in total. The SMILES string of the molecule is CCNCCN1CCO[C@@H](CN(C)C(=O)C(C)CC)C1. The van der Waals surface area contributed by atoms with Crippen molar-refractivity contribution in [3.63, 3.8) is 0 Å². The van der Waals surface area contributed by atoms with Crippen molar-refractivity contribution in [1.29, 1.82) is 0 Å². The molecule has 0 radical (unpaired) electrons. The molecule has 0 aromatic rings. The fraction of sp³-hybridized carbons (Fsp3) is 0.933. The first-order valence-corrected chi connectivity index (χ1v) is 7.88. The Balaban J connectivity index is 2.34. The molecular formula is C15H31N3O2. The molecule has 1 fully saturated rings. The number of carbonyl (C=O) groups excluding carboxylic acids is 1. The van der Waals surface area contributed by atoms with Crippen LogP contribution in [0.2, 0.25) is 0 Å². The van der Waals surface area contributed by atoms with Gasteiger partial charge in [-0.05, 0) is 13.0 Å². The number of hydrogen-bond donors (Lipinski definition) is 1. The van der Waals surface area contributed by atoms with E-state index in [1.54, 1.807) is 0 Å². The number of likely N-dealkylation sites (N-methyl/N-ethyl adjacent to an activating group) is 2. The van der Waals surface area contributed by atoms with Gasteiger partial charge in [-0.25, -0.2) is 0 Å². The molecule has 0 saturated carbocycles. The van der Waals surface area contributed by atoms with Crippen molar-refractivity contribution in [3.05, 3.63) is 0 Å². The first kappa shape index (κ1) is 17.4. The van der Waals surface area contributed by atoms with Gasteiger partial charge in [0.25, 0.3) is 0 Å². The van der Waals surface area contributed by atoms with Gasteiger partial charge in [0.15, 0.2) is 0 Å². The smallest absolute Gasteiger partial charge is 0.225 e. The van der Waals surface area contributed by atoms with Gasteiger partial charge in [0, 0.05) is 45.7 Å². The number of amides is 1. The summed E-state index contributed by atoms with van der Waals surface area (Å²) in [4.78, 5) is 16.3. The molecule has 5 heteroatoms. The summed E-state index contributed by atoms with van der Waals surface area (Å²) < 4.78 is 5.79. The summed E-state index contributed by atoms with van der Waals surface area (Å²) in [6.07, 6.45) is 1.03. The van der Waals surface area contributed by atoms with Gasteiger partial charge >= 0.3 is 0 Å². The highest BCUT2D eigenvalue weighted by atomic mass is 16.5. The maximum atomic E-state index is 12.1. The molecule has 1 heterocycles. The van der Waals surface area contributed by atoms with Crippen molar-refractivity contribution in [3.8, 4) is 0 Å². The quantitative estimate of drug-likeness (QED) is 0.670. The number of nitrogens with zero attached hydrogens (tertiary/aromatic N) is 2. The van der Waals surface area contributed by atoms with Gasteiger partial charge in [0.05, 0.1) is 12.7 Å². The summed E-state index contributed by atoms with van der Waals surface area (Å²) in [5, 5.41) is 3.34. The van der Waals surface area contributed by atoms with Crippen LogP contribution < -0.4 is 5.32 Å². The van der Waals surface area contributed by atoms with Crippen LogP contribution in [0, 0.1) is 5.92 Å². The number of morpholine rings is 1. The number of carbonyl (C=O) groups is 1. The molecule has 1 saturated heterocycles. The molecule has 118 valence electrons. The average Bonchev–Trinajstić information content (AvgIpc) is 2.46. The molecule has 0 spiro atoms. The minimum atomic E-state index is 0.105. The van der Waals surface area contributed by atoms with Gasteiger partial charge in [0.2, 0.25) is 5.91 Å². The maximum absolute atomic E-state index is 12.1.